The van der Waals surface area contributed by atoms with Gasteiger partial charge in [0.1, 0.15) is 24.4 Å². The summed E-state index contributed by atoms with van der Waals surface area (Å²) in [5.41, 5.74) is 2.30. The van der Waals surface area contributed by atoms with Gasteiger partial charge in [-0.25, -0.2) is 23.3 Å². The number of nitrogens with two attached hydrogens (primary N) is 1. The zero-order chi connectivity index (χ0) is 25.4. The van der Waals surface area contributed by atoms with E-state index in [1.807, 2.05) is 42.5 Å². The third kappa shape index (κ3) is 6.94. The van der Waals surface area contributed by atoms with Gasteiger partial charge in [-0.15, -0.1) is 0 Å². The van der Waals surface area contributed by atoms with Crippen LogP contribution in [0.2, 0.25) is 0 Å². The van der Waals surface area contributed by atoms with Crippen molar-refractivity contribution in [1.29, 1.82) is 0 Å². The van der Waals surface area contributed by atoms with Crippen molar-refractivity contribution in [3.05, 3.63) is 97.0 Å². The van der Waals surface area contributed by atoms with E-state index in [1.54, 1.807) is 30.5 Å². The average molecular weight is 507 g/mol. The van der Waals surface area contributed by atoms with Crippen molar-refractivity contribution in [2.75, 3.05) is 13.2 Å². The molecule has 0 fully saturated rings. The number of aromatic nitrogens is 2. The molecule has 0 aliphatic rings. The fourth-order valence-corrected chi connectivity index (χ4v) is 3.83. The Kier molecular flexibility index (Phi) is 7.99. The molecule has 0 spiro atoms. The summed E-state index contributed by atoms with van der Waals surface area (Å²) in [6.45, 7) is 1.26. The number of imidazole rings is 1. The molecule has 0 unspecified atom stereocenters. The fraction of sp³-hybridized carbons (Fsp3) is 0.154. The summed E-state index contributed by atoms with van der Waals surface area (Å²) in [5.74, 6) is 1.45. The summed E-state index contributed by atoms with van der Waals surface area (Å²) < 4.78 is 35.5. The van der Waals surface area contributed by atoms with E-state index in [1.165, 1.54) is 23.0 Å². The number of para-hydroxylation sites is 1. The number of carbonyl (C=O) groups is 1. The van der Waals surface area contributed by atoms with Crippen LogP contribution in [0.3, 0.4) is 0 Å². The molecule has 0 radical (unpaired) electrons. The molecule has 0 bridgehead atoms. The van der Waals surface area contributed by atoms with Crippen LogP contribution in [-0.2, 0) is 16.6 Å². The summed E-state index contributed by atoms with van der Waals surface area (Å²) in [5, 5.41) is 7.96. The minimum atomic E-state index is -3.72. The maximum Gasteiger partial charge on any atom is 0.326 e. The van der Waals surface area contributed by atoms with Crippen LogP contribution < -0.4 is 19.9 Å². The topological polar surface area (TPSA) is 126 Å². The van der Waals surface area contributed by atoms with Gasteiger partial charge >= 0.3 is 6.03 Å². The van der Waals surface area contributed by atoms with Gasteiger partial charge in [-0.3, -0.25) is 4.57 Å². The van der Waals surface area contributed by atoms with Gasteiger partial charge < -0.3 is 14.8 Å². The number of amides is 1. The number of carbonyl (C=O) groups excluding carboxylic acids is 1. The molecule has 10 heteroatoms. The molecule has 0 aliphatic carbocycles. The third-order valence-electron chi connectivity index (χ3n) is 5.23. The van der Waals surface area contributed by atoms with Gasteiger partial charge in [0.15, 0.2) is 0 Å². The molecule has 3 aromatic carbocycles. The Hall–Kier alpha value is -4.15. The van der Waals surface area contributed by atoms with E-state index < -0.39 is 10.0 Å². The van der Waals surface area contributed by atoms with E-state index >= 15 is 0 Å². The number of nitrogens with one attached hydrogen (secondary N) is 1. The molecule has 1 amide bonds. The Balaban J connectivity index is 1.24. The highest BCUT2D eigenvalue weighted by Crippen LogP contribution is 2.22. The van der Waals surface area contributed by atoms with Gasteiger partial charge in [-0.2, -0.15) is 0 Å². The van der Waals surface area contributed by atoms with Crippen LogP contribution in [0.5, 0.6) is 11.5 Å². The van der Waals surface area contributed by atoms with Gasteiger partial charge in [0, 0.05) is 18.3 Å². The Morgan fingerprint density at radius 2 is 1.61 bits per heavy atom. The van der Waals surface area contributed by atoms with E-state index in [-0.39, 0.29) is 17.5 Å². The van der Waals surface area contributed by atoms with E-state index in [2.05, 4.69) is 10.3 Å². The number of hydrogen-bond donors (Lipinski definition) is 2. The molecule has 1 heterocycles. The molecular weight excluding hydrogens is 480 g/mol. The SMILES string of the molecule is NS(=O)(=O)c1ccc(COc2ccc(-c3cn(C(=O)NCCCOc4ccccc4)cn3)cc2)cc1. The second-order valence-corrected chi connectivity index (χ2v) is 9.48. The number of ether oxygens (including phenoxy) is 2. The van der Waals surface area contributed by atoms with Crippen LogP contribution in [0.25, 0.3) is 11.3 Å². The van der Waals surface area contributed by atoms with Gasteiger partial charge in [0.2, 0.25) is 10.0 Å². The minimum absolute atomic E-state index is 0.0563. The first-order valence-electron chi connectivity index (χ1n) is 11.2. The smallest absolute Gasteiger partial charge is 0.326 e. The molecule has 3 N–H and O–H groups in total. The summed E-state index contributed by atoms with van der Waals surface area (Å²) in [4.78, 5) is 16.8. The van der Waals surface area contributed by atoms with Crippen LogP contribution in [0, 0.1) is 0 Å². The highest BCUT2D eigenvalue weighted by Gasteiger charge is 2.09. The molecule has 186 valence electrons. The quantitative estimate of drug-likeness (QED) is 0.315. The first-order chi connectivity index (χ1) is 17.4. The van der Waals surface area contributed by atoms with Crippen molar-refractivity contribution in [3.8, 4) is 22.8 Å². The lowest BCUT2D eigenvalue weighted by Gasteiger charge is -2.08. The largest absolute Gasteiger partial charge is 0.494 e. The van der Waals surface area contributed by atoms with Crippen LogP contribution >= 0.6 is 0 Å². The maximum absolute atomic E-state index is 12.4. The predicted molar refractivity (Wildman–Crippen MR) is 135 cm³/mol. The van der Waals surface area contributed by atoms with Crippen molar-refractivity contribution < 1.29 is 22.7 Å². The van der Waals surface area contributed by atoms with Crippen molar-refractivity contribution in [2.24, 2.45) is 5.14 Å². The van der Waals surface area contributed by atoms with Gasteiger partial charge in [0.25, 0.3) is 0 Å². The molecule has 1 aromatic heterocycles. The van der Waals surface area contributed by atoms with Gasteiger partial charge in [-0.05, 0) is 60.5 Å². The first kappa shape index (κ1) is 25.0. The van der Waals surface area contributed by atoms with E-state index in [0.717, 1.165) is 16.9 Å². The summed E-state index contributed by atoms with van der Waals surface area (Å²) >= 11 is 0. The number of primary sulfonamides is 1. The van der Waals surface area contributed by atoms with Crippen LogP contribution in [0.15, 0.2) is 96.3 Å². The van der Waals surface area contributed by atoms with E-state index in [0.29, 0.717) is 31.0 Å². The summed E-state index contributed by atoms with van der Waals surface area (Å²) in [6.07, 6.45) is 3.82. The van der Waals surface area contributed by atoms with Crippen LogP contribution in [0.1, 0.15) is 12.0 Å². The van der Waals surface area contributed by atoms with Crippen molar-refractivity contribution in [1.82, 2.24) is 14.9 Å². The van der Waals surface area contributed by atoms with Crippen molar-refractivity contribution in [2.45, 2.75) is 17.9 Å². The lowest BCUT2D eigenvalue weighted by molar-refractivity contribution is 0.240. The maximum atomic E-state index is 12.4. The van der Waals surface area contributed by atoms with Crippen molar-refractivity contribution >= 4 is 16.1 Å². The molecule has 36 heavy (non-hydrogen) atoms. The summed E-state index contributed by atoms with van der Waals surface area (Å²) in [7, 11) is -3.72. The molecule has 0 aliphatic heterocycles. The summed E-state index contributed by atoms with van der Waals surface area (Å²) in [6, 6.07) is 22.8. The molecule has 0 saturated carbocycles. The lowest BCUT2D eigenvalue weighted by Crippen LogP contribution is -2.29. The Bertz CT molecular complexity index is 1390. The van der Waals surface area contributed by atoms with Crippen molar-refractivity contribution in [3.63, 3.8) is 0 Å². The Morgan fingerprint density at radius 3 is 2.31 bits per heavy atom. The number of hydrogen-bond acceptors (Lipinski definition) is 6. The van der Waals surface area contributed by atoms with Gasteiger partial charge in [0.05, 0.1) is 17.2 Å². The fourth-order valence-electron chi connectivity index (χ4n) is 3.31. The van der Waals surface area contributed by atoms with Crippen LogP contribution in [0.4, 0.5) is 4.79 Å². The molecule has 4 aromatic rings. The Morgan fingerprint density at radius 1 is 0.917 bits per heavy atom. The molecule has 4 rings (SSSR count). The second kappa shape index (κ2) is 11.5. The predicted octanol–water partition coefficient (Wildman–Crippen LogP) is 3.80. The second-order valence-electron chi connectivity index (χ2n) is 7.92. The normalized spacial score (nSPS) is 11.1. The lowest BCUT2D eigenvalue weighted by atomic mass is 10.1. The molecule has 0 atom stereocenters. The standard InChI is InChI=1S/C26H26N4O5S/c27-36(32,33)24-13-7-20(8-14-24)18-35-23-11-9-21(10-12-23)25-17-30(19-29-25)26(31)28-15-4-16-34-22-5-2-1-3-6-22/h1-3,5-14,17,19H,4,15-16,18H2,(H,28,31)(H2,27,32,33). The zero-order valence-corrected chi connectivity index (χ0v) is 20.2. The average Bonchev–Trinajstić information content (AvgIpc) is 3.38. The number of benzene rings is 3. The van der Waals surface area contributed by atoms with Crippen LogP contribution in [-0.4, -0.2) is 37.2 Å². The van der Waals surface area contributed by atoms with E-state index in [4.69, 9.17) is 14.6 Å². The number of nitrogens with zero attached hydrogens (tertiary/aromatic N) is 2. The minimum Gasteiger partial charge on any atom is -0.494 e. The monoisotopic (exact) mass is 506 g/mol. The van der Waals surface area contributed by atoms with Gasteiger partial charge in [-0.1, -0.05) is 30.3 Å². The Labute approximate surface area is 209 Å². The molecular formula is C26H26N4O5S. The molecule has 0 saturated heterocycles. The number of rotatable bonds is 10. The van der Waals surface area contributed by atoms with E-state index in [9.17, 15) is 13.2 Å². The highest BCUT2D eigenvalue weighted by atomic mass is 32.2. The zero-order valence-electron chi connectivity index (χ0n) is 19.4. The highest BCUT2D eigenvalue weighted by molar-refractivity contribution is 7.89. The number of sulfonamides is 1. The molecule has 9 nitrogen and oxygen atoms in total. The first-order valence-corrected chi connectivity index (χ1v) is 12.8. The third-order valence-corrected chi connectivity index (χ3v) is 6.16.